The molecule has 4 rings (SSSR count). The Kier molecular flexibility index (Phi) is 5.60. The van der Waals surface area contributed by atoms with Gasteiger partial charge in [-0.3, -0.25) is 9.10 Å². The molecule has 0 saturated heterocycles. The van der Waals surface area contributed by atoms with Crippen LogP contribution in [0.15, 0.2) is 71.6 Å². The highest BCUT2D eigenvalue weighted by atomic mass is 35.5. The molecule has 9 heteroatoms. The predicted molar refractivity (Wildman–Crippen MR) is 117 cm³/mol. The molecule has 0 bridgehead atoms. The molecule has 1 amide bonds. The van der Waals surface area contributed by atoms with E-state index >= 15 is 0 Å². The summed E-state index contributed by atoms with van der Waals surface area (Å²) in [6, 6.07) is 16.6. The first-order valence-electron chi connectivity index (χ1n) is 9.37. The van der Waals surface area contributed by atoms with Crippen molar-refractivity contribution in [3.8, 4) is 5.75 Å². The number of sulfonamides is 1. The van der Waals surface area contributed by atoms with Crippen molar-refractivity contribution in [2.75, 3.05) is 16.2 Å². The Balaban J connectivity index is 1.71. The summed E-state index contributed by atoms with van der Waals surface area (Å²) in [5.41, 5.74) is 1.11. The van der Waals surface area contributed by atoms with Gasteiger partial charge in [-0.2, -0.15) is 0 Å². The van der Waals surface area contributed by atoms with E-state index in [0.717, 1.165) is 9.87 Å². The van der Waals surface area contributed by atoms with Gasteiger partial charge in [-0.15, -0.1) is 0 Å². The fourth-order valence-corrected chi connectivity index (χ4v) is 4.84. The SMILES string of the molecule is Cc1ccc(S(=O)(=O)N2CC(C(=O)Nc3ccccc3F)Oc3ccc(Cl)cc32)cc1. The second-order valence-corrected chi connectivity index (χ2v) is 9.34. The molecule has 0 saturated carbocycles. The van der Waals surface area contributed by atoms with E-state index < -0.39 is 27.9 Å². The smallest absolute Gasteiger partial charge is 0.267 e. The molecule has 3 aromatic rings. The molecular weight excluding hydrogens is 443 g/mol. The lowest BCUT2D eigenvalue weighted by atomic mass is 10.2. The zero-order valence-corrected chi connectivity index (χ0v) is 18.0. The molecule has 1 atom stereocenters. The molecule has 0 aliphatic carbocycles. The van der Waals surface area contributed by atoms with Crippen LogP contribution >= 0.6 is 11.6 Å². The van der Waals surface area contributed by atoms with Gasteiger partial charge in [-0.25, -0.2) is 12.8 Å². The highest BCUT2D eigenvalue weighted by Crippen LogP contribution is 2.39. The number of para-hydroxylation sites is 1. The van der Waals surface area contributed by atoms with E-state index in [-0.39, 0.29) is 28.6 Å². The highest BCUT2D eigenvalue weighted by Gasteiger charge is 2.38. The maximum absolute atomic E-state index is 13.9. The van der Waals surface area contributed by atoms with E-state index in [1.807, 2.05) is 6.92 Å². The molecule has 6 nitrogen and oxygen atoms in total. The lowest BCUT2D eigenvalue weighted by Gasteiger charge is -2.35. The zero-order chi connectivity index (χ0) is 22.2. The Morgan fingerprint density at radius 1 is 1.13 bits per heavy atom. The molecule has 3 aromatic carbocycles. The van der Waals surface area contributed by atoms with Crippen molar-refractivity contribution in [1.82, 2.24) is 0 Å². The molecule has 1 aliphatic rings. The van der Waals surface area contributed by atoms with Gasteiger partial charge in [0, 0.05) is 5.02 Å². The number of carbonyl (C=O) groups is 1. The van der Waals surface area contributed by atoms with Gasteiger partial charge < -0.3 is 10.1 Å². The molecule has 1 aliphatic heterocycles. The van der Waals surface area contributed by atoms with E-state index in [2.05, 4.69) is 5.32 Å². The summed E-state index contributed by atoms with van der Waals surface area (Å²) in [4.78, 5) is 12.9. The van der Waals surface area contributed by atoms with Crippen LogP contribution in [0.4, 0.5) is 15.8 Å². The first-order chi connectivity index (χ1) is 14.8. The highest BCUT2D eigenvalue weighted by molar-refractivity contribution is 7.92. The standard InChI is InChI=1S/C22H18ClFN2O4S/c1-14-6-9-16(10-7-14)31(28,29)26-13-21(30-20-11-8-15(23)12-19(20)26)22(27)25-18-5-3-2-4-17(18)24/h2-12,21H,13H2,1H3,(H,25,27). The van der Waals surface area contributed by atoms with Crippen LogP contribution in [0.2, 0.25) is 5.02 Å². The summed E-state index contributed by atoms with van der Waals surface area (Å²) in [6.07, 6.45) is -1.20. The number of hydrogen-bond donors (Lipinski definition) is 1. The van der Waals surface area contributed by atoms with Gasteiger partial charge in [0.1, 0.15) is 11.6 Å². The van der Waals surface area contributed by atoms with Crippen molar-refractivity contribution in [1.29, 1.82) is 0 Å². The third-order valence-corrected chi connectivity index (χ3v) is 6.85. The van der Waals surface area contributed by atoms with Crippen LogP contribution in [0, 0.1) is 12.7 Å². The number of rotatable bonds is 4. The van der Waals surface area contributed by atoms with Crippen LogP contribution in [0.5, 0.6) is 5.75 Å². The number of halogens is 2. The number of fused-ring (bicyclic) bond motifs is 1. The fraction of sp³-hybridized carbons (Fsp3) is 0.136. The molecule has 0 fully saturated rings. The summed E-state index contributed by atoms with van der Waals surface area (Å²) in [5, 5.41) is 2.77. The zero-order valence-electron chi connectivity index (χ0n) is 16.4. The molecular formula is C22H18ClFN2O4S. The van der Waals surface area contributed by atoms with E-state index in [9.17, 15) is 17.6 Å². The van der Waals surface area contributed by atoms with Gasteiger partial charge in [0.25, 0.3) is 15.9 Å². The number of nitrogens with one attached hydrogen (secondary N) is 1. The van der Waals surface area contributed by atoms with Crippen LogP contribution in [0.1, 0.15) is 5.56 Å². The summed E-state index contributed by atoms with van der Waals surface area (Å²) < 4.78 is 47.6. The van der Waals surface area contributed by atoms with Crippen molar-refractivity contribution < 1.29 is 22.3 Å². The minimum absolute atomic E-state index is 0.0223. The largest absolute Gasteiger partial charge is 0.476 e. The molecule has 1 unspecified atom stereocenters. The molecule has 0 radical (unpaired) electrons. The van der Waals surface area contributed by atoms with Crippen LogP contribution in [-0.2, 0) is 14.8 Å². The fourth-order valence-electron chi connectivity index (χ4n) is 3.20. The average Bonchev–Trinajstić information content (AvgIpc) is 2.74. The number of benzene rings is 3. The van der Waals surface area contributed by atoms with Crippen LogP contribution < -0.4 is 14.4 Å². The summed E-state index contributed by atoms with van der Waals surface area (Å²) in [5.74, 6) is -1.10. The third-order valence-electron chi connectivity index (χ3n) is 4.82. The summed E-state index contributed by atoms with van der Waals surface area (Å²) >= 11 is 6.08. The van der Waals surface area contributed by atoms with Gasteiger partial charge >= 0.3 is 0 Å². The van der Waals surface area contributed by atoms with Gasteiger partial charge in [0.2, 0.25) is 0 Å². The van der Waals surface area contributed by atoms with E-state index in [1.54, 1.807) is 18.2 Å². The maximum atomic E-state index is 13.9. The average molecular weight is 461 g/mol. The first kappa shape index (κ1) is 21.1. The Bertz CT molecular complexity index is 1250. The van der Waals surface area contributed by atoms with Crippen LogP contribution in [0.25, 0.3) is 0 Å². The van der Waals surface area contributed by atoms with E-state index in [0.29, 0.717) is 5.02 Å². The lowest BCUT2D eigenvalue weighted by molar-refractivity contribution is -0.122. The quantitative estimate of drug-likeness (QED) is 0.626. The van der Waals surface area contributed by atoms with Gasteiger partial charge in [-0.1, -0.05) is 41.4 Å². The number of carbonyl (C=O) groups excluding carboxylic acids is 1. The Morgan fingerprint density at radius 2 is 1.84 bits per heavy atom. The van der Waals surface area contributed by atoms with Crippen LogP contribution in [-0.4, -0.2) is 27.0 Å². The minimum Gasteiger partial charge on any atom is -0.476 e. The van der Waals surface area contributed by atoms with E-state index in [4.69, 9.17) is 16.3 Å². The summed E-state index contributed by atoms with van der Waals surface area (Å²) in [6.45, 7) is 1.55. The molecule has 0 aromatic heterocycles. The number of amides is 1. The van der Waals surface area contributed by atoms with Crippen molar-refractivity contribution in [3.63, 3.8) is 0 Å². The number of ether oxygens (including phenoxy) is 1. The molecule has 1 N–H and O–H groups in total. The predicted octanol–water partition coefficient (Wildman–Crippen LogP) is 4.38. The lowest BCUT2D eigenvalue weighted by Crippen LogP contribution is -2.48. The number of hydrogen-bond acceptors (Lipinski definition) is 4. The maximum Gasteiger partial charge on any atom is 0.267 e. The Hall–Kier alpha value is -3.10. The van der Waals surface area contributed by atoms with Gasteiger partial charge in [-0.05, 0) is 49.4 Å². The van der Waals surface area contributed by atoms with Crippen LogP contribution in [0.3, 0.4) is 0 Å². The van der Waals surface area contributed by atoms with Gasteiger partial charge in [0.15, 0.2) is 6.10 Å². The topological polar surface area (TPSA) is 75.7 Å². The molecule has 0 spiro atoms. The van der Waals surface area contributed by atoms with Crippen molar-refractivity contribution >= 4 is 38.9 Å². The number of nitrogens with zero attached hydrogens (tertiary/aromatic N) is 1. The van der Waals surface area contributed by atoms with Gasteiger partial charge in [0.05, 0.1) is 22.8 Å². The van der Waals surface area contributed by atoms with Crippen molar-refractivity contribution in [2.45, 2.75) is 17.9 Å². The molecule has 1 heterocycles. The number of aryl methyl sites for hydroxylation is 1. The second-order valence-electron chi connectivity index (χ2n) is 7.04. The molecule has 31 heavy (non-hydrogen) atoms. The Morgan fingerprint density at radius 3 is 2.55 bits per heavy atom. The van der Waals surface area contributed by atoms with Crippen molar-refractivity contribution in [3.05, 3.63) is 83.1 Å². The van der Waals surface area contributed by atoms with E-state index in [1.165, 1.54) is 48.5 Å². The first-order valence-corrected chi connectivity index (χ1v) is 11.2. The monoisotopic (exact) mass is 460 g/mol. The summed E-state index contributed by atoms with van der Waals surface area (Å²) in [7, 11) is -4.02. The third kappa shape index (κ3) is 4.22. The Labute approximate surface area is 184 Å². The minimum atomic E-state index is -4.02. The second kappa shape index (κ2) is 8.20. The number of anilines is 2. The normalized spacial score (nSPS) is 15.7. The van der Waals surface area contributed by atoms with Crippen molar-refractivity contribution in [2.24, 2.45) is 0 Å². The molecule has 160 valence electrons.